The van der Waals surface area contributed by atoms with Gasteiger partial charge in [-0.1, -0.05) is 19.8 Å². The first-order valence-corrected chi connectivity index (χ1v) is 4.74. The second kappa shape index (κ2) is 8.02. The zero-order valence-electron chi connectivity index (χ0n) is 7.90. The van der Waals surface area contributed by atoms with Crippen LogP contribution in [0.1, 0.15) is 39.5 Å². The van der Waals surface area contributed by atoms with Crippen molar-refractivity contribution < 1.29 is 0 Å². The van der Waals surface area contributed by atoms with Gasteiger partial charge in [-0.3, -0.25) is 0 Å². The van der Waals surface area contributed by atoms with Crippen LogP contribution in [-0.4, -0.2) is 19.1 Å². The van der Waals surface area contributed by atoms with Crippen molar-refractivity contribution in [3.8, 4) is 0 Å². The van der Waals surface area contributed by atoms with Gasteiger partial charge in [0.25, 0.3) is 0 Å². The van der Waals surface area contributed by atoms with Crippen LogP contribution < -0.4 is 11.1 Å². The molecule has 0 fully saturated rings. The molecule has 0 spiro atoms. The van der Waals surface area contributed by atoms with Crippen LogP contribution in [0.15, 0.2) is 0 Å². The maximum atomic E-state index is 5.42. The Morgan fingerprint density at radius 2 is 2.09 bits per heavy atom. The molecule has 0 aliphatic rings. The molecule has 2 heteroatoms. The molecule has 1 unspecified atom stereocenters. The number of unbranched alkanes of at least 4 members (excludes halogenated alkanes) is 2. The average Bonchev–Trinajstić information content (AvgIpc) is 1.99. The van der Waals surface area contributed by atoms with Gasteiger partial charge in [0.15, 0.2) is 0 Å². The van der Waals surface area contributed by atoms with Gasteiger partial charge in [0.05, 0.1) is 0 Å². The third kappa shape index (κ3) is 7.82. The van der Waals surface area contributed by atoms with Crippen LogP contribution in [0.25, 0.3) is 0 Å². The lowest BCUT2D eigenvalue weighted by molar-refractivity contribution is 0.503. The fourth-order valence-corrected chi connectivity index (χ4v) is 1.08. The molecular formula is C9H22N2. The van der Waals surface area contributed by atoms with Crippen LogP contribution in [0, 0.1) is 0 Å². The summed E-state index contributed by atoms with van der Waals surface area (Å²) in [4.78, 5) is 0. The summed E-state index contributed by atoms with van der Waals surface area (Å²) in [5, 5.41) is 3.44. The molecule has 0 amide bonds. The van der Waals surface area contributed by atoms with Gasteiger partial charge in [0.2, 0.25) is 0 Å². The highest BCUT2D eigenvalue weighted by Gasteiger charge is 1.96. The standard InChI is InChI=1S/C9H22N2/c1-3-4-5-8-11-9(2)6-7-10/h9,11H,3-8,10H2,1-2H3. The van der Waals surface area contributed by atoms with E-state index < -0.39 is 0 Å². The van der Waals surface area contributed by atoms with Crippen molar-refractivity contribution in [3.63, 3.8) is 0 Å². The van der Waals surface area contributed by atoms with E-state index in [9.17, 15) is 0 Å². The van der Waals surface area contributed by atoms with E-state index in [-0.39, 0.29) is 0 Å². The van der Waals surface area contributed by atoms with Gasteiger partial charge in [0.1, 0.15) is 0 Å². The largest absolute Gasteiger partial charge is 0.330 e. The summed E-state index contributed by atoms with van der Waals surface area (Å²) >= 11 is 0. The second-order valence-corrected chi connectivity index (χ2v) is 3.14. The molecule has 2 nitrogen and oxygen atoms in total. The van der Waals surface area contributed by atoms with E-state index in [0.29, 0.717) is 6.04 Å². The number of nitrogens with two attached hydrogens (primary N) is 1. The fraction of sp³-hybridized carbons (Fsp3) is 1.00. The second-order valence-electron chi connectivity index (χ2n) is 3.14. The van der Waals surface area contributed by atoms with E-state index in [2.05, 4.69) is 19.2 Å². The van der Waals surface area contributed by atoms with Crippen LogP contribution in [0.2, 0.25) is 0 Å². The highest BCUT2D eigenvalue weighted by atomic mass is 14.9. The Hall–Kier alpha value is -0.0800. The predicted octanol–water partition coefficient (Wildman–Crippen LogP) is 1.50. The lowest BCUT2D eigenvalue weighted by Crippen LogP contribution is -2.29. The Morgan fingerprint density at radius 3 is 2.64 bits per heavy atom. The van der Waals surface area contributed by atoms with E-state index in [4.69, 9.17) is 5.73 Å². The summed E-state index contributed by atoms with van der Waals surface area (Å²) in [7, 11) is 0. The van der Waals surface area contributed by atoms with Gasteiger partial charge in [-0.15, -0.1) is 0 Å². The van der Waals surface area contributed by atoms with Crippen molar-refractivity contribution in [3.05, 3.63) is 0 Å². The topological polar surface area (TPSA) is 38.0 Å². The Kier molecular flexibility index (Phi) is 7.96. The fourth-order valence-electron chi connectivity index (χ4n) is 1.08. The summed E-state index contributed by atoms with van der Waals surface area (Å²) in [6, 6.07) is 0.594. The molecule has 3 N–H and O–H groups in total. The smallest absolute Gasteiger partial charge is 0.00507 e. The zero-order chi connectivity index (χ0) is 8.53. The van der Waals surface area contributed by atoms with E-state index in [1.165, 1.54) is 19.3 Å². The van der Waals surface area contributed by atoms with Gasteiger partial charge in [-0.2, -0.15) is 0 Å². The maximum absolute atomic E-state index is 5.42. The number of rotatable bonds is 7. The van der Waals surface area contributed by atoms with Crippen molar-refractivity contribution in [2.75, 3.05) is 13.1 Å². The van der Waals surface area contributed by atoms with Crippen LogP contribution >= 0.6 is 0 Å². The molecule has 0 aromatic rings. The molecule has 0 heterocycles. The Bertz CT molecular complexity index is 74.0. The van der Waals surface area contributed by atoms with Gasteiger partial charge in [-0.05, 0) is 32.9 Å². The van der Waals surface area contributed by atoms with E-state index >= 15 is 0 Å². The molecule has 0 aliphatic carbocycles. The lowest BCUT2D eigenvalue weighted by Gasteiger charge is -2.11. The van der Waals surface area contributed by atoms with Gasteiger partial charge < -0.3 is 11.1 Å². The summed E-state index contributed by atoms with van der Waals surface area (Å²) in [6.45, 7) is 6.36. The summed E-state index contributed by atoms with van der Waals surface area (Å²) < 4.78 is 0. The number of nitrogens with one attached hydrogen (secondary N) is 1. The van der Waals surface area contributed by atoms with Gasteiger partial charge in [0, 0.05) is 6.04 Å². The molecule has 0 saturated heterocycles. The monoisotopic (exact) mass is 158 g/mol. The normalized spacial score (nSPS) is 13.4. The molecule has 0 aromatic heterocycles. The highest BCUT2D eigenvalue weighted by molar-refractivity contribution is 4.60. The molecule has 0 bridgehead atoms. The highest BCUT2D eigenvalue weighted by Crippen LogP contribution is 1.93. The predicted molar refractivity (Wildman–Crippen MR) is 50.7 cm³/mol. The molecule has 0 saturated carbocycles. The Labute approximate surface area is 70.5 Å². The third-order valence-electron chi connectivity index (χ3n) is 1.87. The molecule has 0 aliphatic heterocycles. The molecule has 11 heavy (non-hydrogen) atoms. The summed E-state index contributed by atoms with van der Waals surface area (Å²) in [5.41, 5.74) is 5.42. The first-order valence-electron chi connectivity index (χ1n) is 4.74. The minimum absolute atomic E-state index is 0.594. The van der Waals surface area contributed by atoms with E-state index in [0.717, 1.165) is 19.5 Å². The quantitative estimate of drug-likeness (QED) is 0.551. The zero-order valence-corrected chi connectivity index (χ0v) is 7.90. The first-order chi connectivity index (χ1) is 5.31. The van der Waals surface area contributed by atoms with Crippen molar-refractivity contribution in [2.45, 2.75) is 45.6 Å². The van der Waals surface area contributed by atoms with Crippen molar-refractivity contribution in [1.29, 1.82) is 0 Å². The van der Waals surface area contributed by atoms with E-state index in [1.54, 1.807) is 0 Å². The van der Waals surface area contributed by atoms with Crippen LogP contribution in [0.3, 0.4) is 0 Å². The van der Waals surface area contributed by atoms with Crippen molar-refractivity contribution in [2.24, 2.45) is 5.73 Å². The maximum Gasteiger partial charge on any atom is 0.00507 e. The van der Waals surface area contributed by atoms with Gasteiger partial charge in [-0.25, -0.2) is 0 Å². The molecule has 0 radical (unpaired) electrons. The molecule has 0 rings (SSSR count). The average molecular weight is 158 g/mol. The Balaban J connectivity index is 2.97. The molecule has 0 aromatic carbocycles. The Morgan fingerprint density at radius 1 is 1.36 bits per heavy atom. The van der Waals surface area contributed by atoms with Crippen LogP contribution in [0.4, 0.5) is 0 Å². The summed E-state index contributed by atoms with van der Waals surface area (Å²) in [5.74, 6) is 0. The van der Waals surface area contributed by atoms with Crippen LogP contribution in [0.5, 0.6) is 0 Å². The third-order valence-corrected chi connectivity index (χ3v) is 1.87. The molecular weight excluding hydrogens is 136 g/mol. The van der Waals surface area contributed by atoms with Crippen molar-refractivity contribution >= 4 is 0 Å². The number of hydrogen-bond acceptors (Lipinski definition) is 2. The van der Waals surface area contributed by atoms with Crippen molar-refractivity contribution in [1.82, 2.24) is 5.32 Å². The minimum Gasteiger partial charge on any atom is -0.330 e. The number of hydrogen-bond donors (Lipinski definition) is 2. The molecule has 1 atom stereocenters. The first kappa shape index (κ1) is 10.9. The van der Waals surface area contributed by atoms with Gasteiger partial charge >= 0.3 is 0 Å². The van der Waals surface area contributed by atoms with E-state index in [1.807, 2.05) is 0 Å². The summed E-state index contributed by atoms with van der Waals surface area (Å²) in [6.07, 6.45) is 5.02. The SMILES string of the molecule is CCCCCNC(C)CCN. The minimum atomic E-state index is 0.594. The molecule has 68 valence electrons. The van der Waals surface area contributed by atoms with Crippen LogP contribution in [-0.2, 0) is 0 Å². The lowest BCUT2D eigenvalue weighted by atomic mass is 10.2.